The Labute approximate surface area is 362 Å². The highest BCUT2D eigenvalue weighted by molar-refractivity contribution is 6.05. The van der Waals surface area contributed by atoms with Crippen LogP contribution in [0.4, 0.5) is 17.1 Å². The number of benzene rings is 9. The molecular formula is C58H42N4. The molecule has 62 heavy (non-hydrogen) atoms. The van der Waals surface area contributed by atoms with E-state index in [4.69, 9.17) is 4.99 Å². The average molecular weight is 795 g/mol. The van der Waals surface area contributed by atoms with Crippen molar-refractivity contribution in [3.63, 3.8) is 0 Å². The SMILES string of the molecule is c1ccc(C2N=C(c3ccccc3-c3cccc(-c4ccc5c(c4)C4(c6ccccc6-5)c5ccccc5N(c5ccccc5)c5ccccc54)c3)NC(c3ccccc3)N2)cc1. The zero-order chi connectivity index (χ0) is 41.0. The van der Waals surface area contributed by atoms with Crippen molar-refractivity contribution in [3.8, 4) is 33.4 Å². The highest BCUT2D eigenvalue weighted by atomic mass is 15.3. The van der Waals surface area contributed by atoms with Crippen LogP contribution in [0.25, 0.3) is 33.4 Å². The van der Waals surface area contributed by atoms with Crippen LogP contribution >= 0.6 is 0 Å². The molecule has 2 N–H and O–H groups in total. The highest BCUT2D eigenvalue weighted by Crippen LogP contribution is 2.63. The van der Waals surface area contributed by atoms with Gasteiger partial charge in [0.05, 0.1) is 16.8 Å². The fraction of sp³-hybridized carbons (Fsp3) is 0.0517. The van der Waals surface area contributed by atoms with Gasteiger partial charge in [0.15, 0.2) is 0 Å². The molecule has 4 nitrogen and oxygen atoms in total. The second-order valence-electron chi connectivity index (χ2n) is 16.3. The molecule has 3 aliphatic rings. The number of fused-ring (bicyclic) bond motifs is 9. The lowest BCUT2D eigenvalue weighted by Gasteiger charge is -2.45. The summed E-state index contributed by atoms with van der Waals surface area (Å²) in [5, 5.41) is 7.53. The summed E-state index contributed by atoms with van der Waals surface area (Å²) in [6.07, 6.45) is -0.333. The van der Waals surface area contributed by atoms with E-state index in [0.717, 1.165) is 39.3 Å². The first-order valence-electron chi connectivity index (χ1n) is 21.4. The van der Waals surface area contributed by atoms with E-state index in [2.05, 4.69) is 246 Å². The predicted molar refractivity (Wildman–Crippen MR) is 254 cm³/mol. The first-order valence-corrected chi connectivity index (χ1v) is 21.4. The molecule has 294 valence electrons. The third kappa shape index (κ3) is 5.68. The van der Waals surface area contributed by atoms with Crippen LogP contribution < -0.4 is 15.5 Å². The van der Waals surface area contributed by atoms with Crippen LogP contribution in [0.3, 0.4) is 0 Å². The monoisotopic (exact) mass is 794 g/mol. The number of hydrogen-bond donors (Lipinski definition) is 2. The molecule has 4 heteroatoms. The zero-order valence-electron chi connectivity index (χ0n) is 34.0. The maximum Gasteiger partial charge on any atom is 0.132 e. The summed E-state index contributed by atoms with van der Waals surface area (Å²) in [5.41, 5.74) is 18.7. The topological polar surface area (TPSA) is 39.7 Å². The summed E-state index contributed by atoms with van der Waals surface area (Å²) in [7, 11) is 0. The number of nitrogens with zero attached hydrogens (tertiary/aromatic N) is 2. The third-order valence-electron chi connectivity index (χ3n) is 13.0. The Bertz CT molecular complexity index is 3110. The lowest BCUT2D eigenvalue weighted by atomic mass is 9.64. The maximum absolute atomic E-state index is 5.32. The van der Waals surface area contributed by atoms with Gasteiger partial charge in [-0.25, -0.2) is 4.99 Å². The molecule has 1 aliphatic carbocycles. The van der Waals surface area contributed by atoms with Gasteiger partial charge in [-0.3, -0.25) is 5.32 Å². The minimum Gasteiger partial charge on any atom is -0.350 e. The van der Waals surface area contributed by atoms with Crippen molar-refractivity contribution in [2.75, 3.05) is 4.90 Å². The molecule has 0 aromatic heterocycles. The largest absolute Gasteiger partial charge is 0.350 e. The molecule has 2 heterocycles. The number of nitrogens with one attached hydrogen (secondary N) is 2. The molecule has 9 aromatic rings. The van der Waals surface area contributed by atoms with Gasteiger partial charge in [0.25, 0.3) is 0 Å². The zero-order valence-corrected chi connectivity index (χ0v) is 34.0. The van der Waals surface area contributed by atoms with Crippen molar-refractivity contribution in [2.24, 2.45) is 4.99 Å². The minimum absolute atomic E-state index is 0.119. The number of anilines is 3. The summed E-state index contributed by atoms with van der Waals surface area (Å²) in [6.45, 7) is 0. The second kappa shape index (κ2) is 14.7. The number of aliphatic imine (C=N–C) groups is 1. The number of hydrogen-bond acceptors (Lipinski definition) is 4. The van der Waals surface area contributed by atoms with Crippen molar-refractivity contribution < 1.29 is 0 Å². The summed E-state index contributed by atoms with van der Waals surface area (Å²) in [6, 6.07) is 83.7. The summed E-state index contributed by atoms with van der Waals surface area (Å²) in [4.78, 5) is 7.76. The van der Waals surface area contributed by atoms with Gasteiger partial charge in [-0.1, -0.05) is 194 Å². The van der Waals surface area contributed by atoms with Crippen LogP contribution in [0.2, 0.25) is 0 Å². The second-order valence-corrected chi connectivity index (χ2v) is 16.3. The average Bonchev–Trinajstić information content (AvgIpc) is 3.65. The Morgan fingerprint density at radius 3 is 1.63 bits per heavy atom. The Balaban J connectivity index is 0.998. The van der Waals surface area contributed by atoms with Crippen LogP contribution in [0.15, 0.2) is 236 Å². The van der Waals surface area contributed by atoms with Crippen LogP contribution in [0.1, 0.15) is 51.3 Å². The highest BCUT2D eigenvalue weighted by Gasteiger charge is 2.51. The standard InChI is InChI=1S/C58H42N4/c1-4-19-39(20-5-1)55-59-56(40-21-6-2-7-22-40)61-57(60-55)48-29-11-10-27-45(48)43-24-18-23-41(37-43)42-35-36-47-46-28-12-13-30-49(46)58(52(47)38-42)50-31-14-16-33-53(50)62(44-25-8-3-9-26-44)54-34-17-15-32-51(54)58/h1-38,55-56,59H,(H,60,61). The Morgan fingerprint density at radius 2 is 0.919 bits per heavy atom. The van der Waals surface area contributed by atoms with Gasteiger partial charge >= 0.3 is 0 Å². The lowest BCUT2D eigenvalue weighted by Crippen LogP contribution is -2.45. The Kier molecular flexibility index (Phi) is 8.58. The van der Waals surface area contributed by atoms with E-state index in [1.807, 2.05) is 0 Å². The maximum atomic E-state index is 5.32. The molecule has 2 unspecified atom stereocenters. The molecule has 1 spiro atoms. The van der Waals surface area contributed by atoms with Crippen molar-refractivity contribution >= 4 is 22.9 Å². The molecular weight excluding hydrogens is 753 g/mol. The van der Waals surface area contributed by atoms with Gasteiger partial charge in [0, 0.05) is 11.3 Å². The van der Waals surface area contributed by atoms with E-state index >= 15 is 0 Å². The molecule has 0 amide bonds. The van der Waals surface area contributed by atoms with E-state index < -0.39 is 5.41 Å². The number of amidine groups is 1. The van der Waals surface area contributed by atoms with Crippen LogP contribution in [0, 0.1) is 0 Å². The molecule has 0 bridgehead atoms. The van der Waals surface area contributed by atoms with Crippen molar-refractivity contribution in [1.29, 1.82) is 0 Å². The normalized spacial score (nSPS) is 16.6. The minimum atomic E-state index is -0.520. The fourth-order valence-electron chi connectivity index (χ4n) is 10.3. The van der Waals surface area contributed by atoms with Gasteiger partial charge in [-0.05, 0) is 103 Å². The molecule has 2 aliphatic heterocycles. The van der Waals surface area contributed by atoms with E-state index in [-0.39, 0.29) is 12.3 Å². The Morgan fingerprint density at radius 1 is 0.387 bits per heavy atom. The van der Waals surface area contributed by atoms with Crippen molar-refractivity contribution in [1.82, 2.24) is 10.6 Å². The first-order chi connectivity index (χ1) is 30.8. The lowest BCUT2D eigenvalue weighted by molar-refractivity contribution is 0.409. The van der Waals surface area contributed by atoms with E-state index in [0.29, 0.717) is 0 Å². The van der Waals surface area contributed by atoms with Crippen molar-refractivity contribution in [2.45, 2.75) is 17.7 Å². The van der Waals surface area contributed by atoms with Gasteiger partial charge in [0.1, 0.15) is 18.2 Å². The molecule has 2 atom stereocenters. The van der Waals surface area contributed by atoms with Gasteiger partial charge in [-0.2, -0.15) is 0 Å². The Hall–Kier alpha value is -7.79. The fourth-order valence-corrected chi connectivity index (χ4v) is 10.3. The summed E-state index contributed by atoms with van der Waals surface area (Å²) < 4.78 is 0. The van der Waals surface area contributed by atoms with E-state index in [1.165, 1.54) is 55.9 Å². The number of rotatable bonds is 6. The van der Waals surface area contributed by atoms with Crippen LogP contribution in [-0.2, 0) is 5.41 Å². The third-order valence-corrected chi connectivity index (χ3v) is 13.0. The quantitative estimate of drug-likeness (QED) is 0.176. The molecule has 0 saturated heterocycles. The van der Waals surface area contributed by atoms with E-state index in [9.17, 15) is 0 Å². The van der Waals surface area contributed by atoms with Crippen LogP contribution in [-0.4, -0.2) is 5.84 Å². The summed E-state index contributed by atoms with van der Waals surface area (Å²) in [5.74, 6) is 0.865. The molecule has 12 rings (SSSR count). The first kappa shape index (κ1) is 36.1. The van der Waals surface area contributed by atoms with Crippen molar-refractivity contribution in [3.05, 3.63) is 269 Å². The number of para-hydroxylation sites is 3. The van der Waals surface area contributed by atoms with Crippen LogP contribution in [0.5, 0.6) is 0 Å². The summed E-state index contributed by atoms with van der Waals surface area (Å²) >= 11 is 0. The van der Waals surface area contributed by atoms with Gasteiger partial charge in [0.2, 0.25) is 0 Å². The smallest absolute Gasteiger partial charge is 0.132 e. The molecule has 0 radical (unpaired) electrons. The molecule has 0 fully saturated rings. The molecule has 0 saturated carbocycles. The van der Waals surface area contributed by atoms with Gasteiger partial charge < -0.3 is 10.2 Å². The van der Waals surface area contributed by atoms with E-state index in [1.54, 1.807) is 0 Å². The predicted octanol–water partition coefficient (Wildman–Crippen LogP) is 13.5. The molecule has 9 aromatic carbocycles. The van der Waals surface area contributed by atoms with Gasteiger partial charge in [-0.15, -0.1) is 0 Å².